The Morgan fingerprint density at radius 2 is 1.72 bits per heavy atom. The van der Waals surface area contributed by atoms with Gasteiger partial charge in [-0.05, 0) is 43.4 Å². The molecule has 0 saturated carbocycles. The first-order valence-corrected chi connectivity index (χ1v) is 9.77. The van der Waals surface area contributed by atoms with Crippen molar-refractivity contribution in [2.45, 2.75) is 26.2 Å². The van der Waals surface area contributed by atoms with Crippen LogP contribution in [0.1, 0.15) is 33.9 Å². The molecule has 1 amide bonds. The summed E-state index contributed by atoms with van der Waals surface area (Å²) in [6.07, 6.45) is 2.29. The average Bonchev–Trinajstić information content (AvgIpc) is 2.73. The van der Waals surface area contributed by atoms with Crippen molar-refractivity contribution < 1.29 is 9.18 Å². The Morgan fingerprint density at radius 1 is 0.966 bits per heavy atom. The summed E-state index contributed by atoms with van der Waals surface area (Å²) < 4.78 is 13.7. The molecule has 0 fully saturated rings. The summed E-state index contributed by atoms with van der Waals surface area (Å²) in [5, 5.41) is 6.05. The molecule has 1 heterocycles. The van der Waals surface area contributed by atoms with Gasteiger partial charge in [0, 0.05) is 19.2 Å². The van der Waals surface area contributed by atoms with Crippen molar-refractivity contribution in [3.63, 3.8) is 0 Å². The van der Waals surface area contributed by atoms with Gasteiger partial charge in [-0.1, -0.05) is 48.5 Å². The molecule has 0 radical (unpaired) electrons. The van der Waals surface area contributed by atoms with Gasteiger partial charge in [0.25, 0.3) is 5.91 Å². The Hall–Kier alpha value is -3.28. The minimum atomic E-state index is -0.222. The van der Waals surface area contributed by atoms with Gasteiger partial charge in [0.15, 0.2) is 0 Å². The maximum absolute atomic E-state index is 13.7. The highest BCUT2D eigenvalue weighted by Gasteiger charge is 2.10. The van der Waals surface area contributed by atoms with Gasteiger partial charge in [-0.3, -0.25) is 4.79 Å². The minimum Gasteiger partial charge on any atom is -0.370 e. The molecule has 1 aromatic heterocycles. The number of carbonyl (C=O) groups is 1. The number of hydrogen-bond donors (Lipinski definition) is 2. The van der Waals surface area contributed by atoms with E-state index in [1.54, 1.807) is 25.1 Å². The molecule has 0 unspecified atom stereocenters. The van der Waals surface area contributed by atoms with E-state index in [0.717, 1.165) is 12.8 Å². The Morgan fingerprint density at radius 3 is 2.52 bits per heavy atom. The van der Waals surface area contributed by atoms with Gasteiger partial charge < -0.3 is 10.6 Å². The molecule has 3 rings (SSSR count). The molecular weight excluding hydrogens is 367 g/mol. The van der Waals surface area contributed by atoms with Gasteiger partial charge in [-0.25, -0.2) is 14.4 Å². The number of amides is 1. The zero-order chi connectivity index (χ0) is 20.5. The fourth-order valence-electron chi connectivity index (χ4n) is 3.03. The van der Waals surface area contributed by atoms with E-state index >= 15 is 0 Å². The van der Waals surface area contributed by atoms with Crippen molar-refractivity contribution in [2.24, 2.45) is 0 Å². The molecule has 0 atom stereocenters. The largest absolute Gasteiger partial charge is 0.370 e. The fraction of sp³-hybridized carbons (Fsp3) is 0.261. The Kier molecular flexibility index (Phi) is 7.28. The van der Waals surface area contributed by atoms with E-state index in [2.05, 4.69) is 32.7 Å². The lowest BCUT2D eigenvalue weighted by Crippen LogP contribution is -2.26. The standard InChI is InChI=1S/C23H25FN4O/c1-17-27-21(23(29)26-14-7-10-18-8-3-2-4-9-18)16-22(28-17)25-15-13-19-11-5-6-12-20(19)24/h2-6,8-9,11-12,16H,7,10,13-15H2,1H3,(H,26,29)(H,25,27,28). The number of hydrogen-bond acceptors (Lipinski definition) is 4. The molecule has 0 bridgehead atoms. The predicted octanol–water partition coefficient (Wildman–Crippen LogP) is 3.94. The first-order chi connectivity index (χ1) is 14.1. The molecule has 0 aliphatic carbocycles. The SMILES string of the molecule is Cc1nc(NCCc2ccccc2F)cc(C(=O)NCCCc2ccccc2)n1. The number of halogens is 1. The van der Waals surface area contributed by atoms with Gasteiger partial charge in [0.1, 0.15) is 23.2 Å². The summed E-state index contributed by atoms with van der Waals surface area (Å²) in [6, 6.07) is 18.5. The van der Waals surface area contributed by atoms with Crippen molar-refractivity contribution in [1.82, 2.24) is 15.3 Å². The first kappa shape index (κ1) is 20.5. The molecule has 5 nitrogen and oxygen atoms in total. The number of nitrogens with one attached hydrogen (secondary N) is 2. The monoisotopic (exact) mass is 392 g/mol. The van der Waals surface area contributed by atoms with Crippen molar-refractivity contribution in [1.29, 1.82) is 0 Å². The van der Waals surface area contributed by atoms with Gasteiger partial charge in [0.05, 0.1) is 0 Å². The summed E-state index contributed by atoms with van der Waals surface area (Å²) in [6.45, 7) is 2.83. The van der Waals surface area contributed by atoms with Gasteiger partial charge in [-0.15, -0.1) is 0 Å². The zero-order valence-electron chi connectivity index (χ0n) is 16.5. The van der Waals surface area contributed by atoms with E-state index in [4.69, 9.17) is 0 Å². The molecule has 6 heteroatoms. The lowest BCUT2D eigenvalue weighted by molar-refractivity contribution is 0.0948. The number of aromatic nitrogens is 2. The quantitative estimate of drug-likeness (QED) is 0.541. The van der Waals surface area contributed by atoms with Crippen LogP contribution in [0.2, 0.25) is 0 Å². The third-order valence-electron chi connectivity index (χ3n) is 4.50. The highest BCUT2D eigenvalue weighted by atomic mass is 19.1. The molecule has 0 saturated heterocycles. The number of aryl methyl sites for hydroxylation is 2. The topological polar surface area (TPSA) is 66.9 Å². The maximum Gasteiger partial charge on any atom is 0.270 e. The molecule has 0 aliphatic rings. The van der Waals surface area contributed by atoms with E-state index in [1.165, 1.54) is 11.6 Å². The molecule has 2 aromatic carbocycles. The highest BCUT2D eigenvalue weighted by Crippen LogP contribution is 2.10. The van der Waals surface area contributed by atoms with Gasteiger partial charge in [0.2, 0.25) is 0 Å². The third-order valence-corrected chi connectivity index (χ3v) is 4.50. The molecule has 0 spiro atoms. The second kappa shape index (κ2) is 10.3. The predicted molar refractivity (Wildman–Crippen MR) is 112 cm³/mol. The summed E-state index contributed by atoms with van der Waals surface area (Å²) in [5.41, 5.74) is 2.22. The summed E-state index contributed by atoms with van der Waals surface area (Å²) in [4.78, 5) is 21.0. The van der Waals surface area contributed by atoms with Crippen molar-refractivity contribution in [3.05, 3.63) is 89.1 Å². The lowest BCUT2D eigenvalue weighted by Gasteiger charge is -2.10. The van der Waals surface area contributed by atoms with E-state index < -0.39 is 0 Å². The van der Waals surface area contributed by atoms with Crippen LogP contribution >= 0.6 is 0 Å². The first-order valence-electron chi connectivity index (χ1n) is 9.77. The van der Waals surface area contributed by atoms with Crippen LogP contribution in [-0.4, -0.2) is 29.0 Å². The number of rotatable bonds is 9. The number of nitrogens with zero attached hydrogens (tertiary/aromatic N) is 2. The van der Waals surface area contributed by atoms with Crippen LogP contribution in [-0.2, 0) is 12.8 Å². The Balaban J connectivity index is 1.49. The van der Waals surface area contributed by atoms with E-state index in [9.17, 15) is 9.18 Å². The minimum absolute atomic E-state index is 0.219. The van der Waals surface area contributed by atoms with Crippen molar-refractivity contribution >= 4 is 11.7 Å². The molecule has 2 N–H and O–H groups in total. The Labute approximate surface area is 170 Å². The summed E-state index contributed by atoms with van der Waals surface area (Å²) >= 11 is 0. The molecule has 150 valence electrons. The van der Waals surface area contributed by atoms with Crippen LogP contribution in [0.3, 0.4) is 0 Å². The van der Waals surface area contributed by atoms with Crippen LogP contribution in [0, 0.1) is 12.7 Å². The van der Waals surface area contributed by atoms with E-state index in [-0.39, 0.29) is 11.7 Å². The van der Waals surface area contributed by atoms with E-state index in [1.807, 2.05) is 24.3 Å². The summed E-state index contributed by atoms with van der Waals surface area (Å²) in [5.74, 6) is 0.628. The van der Waals surface area contributed by atoms with Crippen molar-refractivity contribution in [3.8, 4) is 0 Å². The van der Waals surface area contributed by atoms with Crippen LogP contribution in [0.25, 0.3) is 0 Å². The third kappa shape index (κ3) is 6.38. The Bertz CT molecular complexity index is 947. The van der Waals surface area contributed by atoms with Crippen LogP contribution < -0.4 is 10.6 Å². The molecule has 29 heavy (non-hydrogen) atoms. The fourth-order valence-corrected chi connectivity index (χ4v) is 3.03. The highest BCUT2D eigenvalue weighted by molar-refractivity contribution is 5.92. The van der Waals surface area contributed by atoms with Crippen LogP contribution in [0.15, 0.2) is 60.7 Å². The maximum atomic E-state index is 13.7. The second-order valence-corrected chi connectivity index (χ2v) is 6.80. The summed E-state index contributed by atoms with van der Waals surface area (Å²) in [7, 11) is 0. The smallest absolute Gasteiger partial charge is 0.270 e. The van der Waals surface area contributed by atoms with Crippen molar-refractivity contribution in [2.75, 3.05) is 18.4 Å². The molecule has 3 aromatic rings. The van der Waals surface area contributed by atoms with E-state index in [0.29, 0.717) is 42.4 Å². The van der Waals surface area contributed by atoms with Crippen LogP contribution in [0.5, 0.6) is 0 Å². The van der Waals surface area contributed by atoms with Gasteiger partial charge in [-0.2, -0.15) is 0 Å². The average molecular weight is 392 g/mol. The number of carbonyl (C=O) groups excluding carboxylic acids is 1. The normalized spacial score (nSPS) is 10.6. The van der Waals surface area contributed by atoms with Crippen LogP contribution in [0.4, 0.5) is 10.2 Å². The van der Waals surface area contributed by atoms with Gasteiger partial charge >= 0.3 is 0 Å². The molecular formula is C23H25FN4O. The number of anilines is 1. The zero-order valence-corrected chi connectivity index (χ0v) is 16.5. The lowest BCUT2D eigenvalue weighted by atomic mass is 10.1. The second-order valence-electron chi connectivity index (χ2n) is 6.80. The number of benzene rings is 2. The molecule has 0 aliphatic heterocycles.